The molecule has 204 valence electrons. The number of benzene rings is 3. The van der Waals surface area contributed by atoms with Crippen molar-refractivity contribution in [3.05, 3.63) is 108 Å². The quantitative estimate of drug-likeness (QED) is 0.197. The molecule has 0 spiro atoms. The molecule has 0 atom stereocenters. The molecule has 0 saturated carbocycles. The van der Waals surface area contributed by atoms with E-state index in [1.807, 2.05) is 108 Å². The van der Waals surface area contributed by atoms with Crippen molar-refractivity contribution in [3.8, 4) is 0 Å². The minimum Gasteiger partial charge on any atom is -0.378 e. The molecule has 3 aromatic carbocycles. The molecule has 0 bridgehead atoms. The Morgan fingerprint density at radius 2 is 1.32 bits per heavy atom. The number of carbonyl (C=O) groups is 1. The van der Waals surface area contributed by atoms with Gasteiger partial charge in [-0.3, -0.25) is 14.8 Å². The van der Waals surface area contributed by atoms with E-state index in [1.54, 1.807) is 6.20 Å². The molecular formula is C33H36N6O. The first-order valence-electron chi connectivity index (χ1n) is 13.4. The largest absolute Gasteiger partial charge is 0.378 e. The number of aryl methyl sites for hydroxylation is 2. The Labute approximate surface area is 236 Å². The molecule has 7 heteroatoms. The highest BCUT2D eigenvalue weighted by Gasteiger charge is 2.10. The fraction of sp³-hybridized carbons (Fsp3) is 0.182. The Balaban J connectivity index is 0.00000181. The lowest BCUT2D eigenvalue weighted by Gasteiger charge is -2.17. The minimum atomic E-state index is -0.164. The molecule has 3 N–H and O–H groups in total. The number of pyridine rings is 2. The van der Waals surface area contributed by atoms with Gasteiger partial charge < -0.3 is 20.9 Å². The van der Waals surface area contributed by atoms with Crippen LogP contribution in [0, 0.1) is 13.8 Å². The van der Waals surface area contributed by atoms with E-state index < -0.39 is 0 Å². The highest BCUT2D eigenvalue weighted by molar-refractivity contribution is 6.04. The molecule has 0 radical (unpaired) electrons. The van der Waals surface area contributed by atoms with E-state index in [1.165, 1.54) is 0 Å². The fourth-order valence-corrected chi connectivity index (χ4v) is 4.27. The summed E-state index contributed by atoms with van der Waals surface area (Å²) in [6.45, 7) is 8.03. The van der Waals surface area contributed by atoms with Crippen LogP contribution < -0.4 is 20.9 Å². The Bertz CT molecular complexity index is 1590. The maximum atomic E-state index is 12.8. The standard InChI is InChI=1S/C31H30N6O.C2H6/c1-20-17-27(37(3)4)19-28-29(14-16-33-30(20)28)35-24-7-5-22(6-8-24)31(38)36-25-11-9-23(10-12-25)34-26-13-15-32-21(2)18-26;1-2/h5-19H,1-4H3,(H,32,34)(H,33,35)(H,36,38);1-2H3. The molecule has 40 heavy (non-hydrogen) atoms. The highest BCUT2D eigenvalue weighted by atomic mass is 16.1. The van der Waals surface area contributed by atoms with Gasteiger partial charge in [0.15, 0.2) is 0 Å². The van der Waals surface area contributed by atoms with E-state index in [-0.39, 0.29) is 5.91 Å². The fourth-order valence-electron chi connectivity index (χ4n) is 4.27. The summed E-state index contributed by atoms with van der Waals surface area (Å²) in [6, 6.07) is 25.2. The summed E-state index contributed by atoms with van der Waals surface area (Å²) >= 11 is 0. The van der Waals surface area contributed by atoms with Crippen LogP contribution in [0.1, 0.15) is 35.5 Å². The van der Waals surface area contributed by atoms with E-state index >= 15 is 0 Å². The van der Waals surface area contributed by atoms with E-state index in [2.05, 4.69) is 49.9 Å². The summed E-state index contributed by atoms with van der Waals surface area (Å²) in [4.78, 5) is 23.7. The zero-order valence-corrected chi connectivity index (χ0v) is 23.9. The number of hydrogen-bond donors (Lipinski definition) is 3. The van der Waals surface area contributed by atoms with Gasteiger partial charge in [-0.15, -0.1) is 0 Å². The topological polar surface area (TPSA) is 82.2 Å². The minimum absolute atomic E-state index is 0.164. The third-order valence-electron chi connectivity index (χ3n) is 6.29. The van der Waals surface area contributed by atoms with Crippen LogP contribution in [-0.2, 0) is 0 Å². The number of carbonyl (C=O) groups excluding carboxylic acids is 1. The van der Waals surface area contributed by atoms with Crippen LogP contribution in [0.3, 0.4) is 0 Å². The second kappa shape index (κ2) is 12.8. The first kappa shape index (κ1) is 28.1. The average Bonchev–Trinajstić information content (AvgIpc) is 2.96. The molecule has 5 aromatic rings. The number of anilines is 6. The van der Waals surface area contributed by atoms with Crippen LogP contribution in [0.5, 0.6) is 0 Å². The van der Waals surface area contributed by atoms with Crippen molar-refractivity contribution in [2.24, 2.45) is 0 Å². The molecular weight excluding hydrogens is 496 g/mol. The summed E-state index contributed by atoms with van der Waals surface area (Å²) in [7, 11) is 4.06. The first-order valence-corrected chi connectivity index (χ1v) is 13.4. The van der Waals surface area contributed by atoms with Gasteiger partial charge in [0.25, 0.3) is 5.91 Å². The predicted molar refractivity (Wildman–Crippen MR) is 169 cm³/mol. The van der Waals surface area contributed by atoms with Gasteiger partial charge in [-0.2, -0.15) is 0 Å². The van der Waals surface area contributed by atoms with Gasteiger partial charge in [0.2, 0.25) is 0 Å². The summed E-state index contributed by atoms with van der Waals surface area (Å²) in [5, 5.41) is 10.8. The molecule has 0 aliphatic carbocycles. The number of fused-ring (bicyclic) bond motifs is 1. The van der Waals surface area contributed by atoms with Crippen LogP contribution in [0.15, 0.2) is 91.3 Å². The third-order valence-corrected chi connectivity index (χ3v) is 6.29. The number of hydrogen-bond acceptors (Lipinski definition) is 6. The zero-order chi connectivity index (χ0) is 28.6. The number of aromatic nitrogens is 2. The lowest BCUT2D eigenvalue weighted by Crippen LogP contribution is -2.11. The van der Waals surface area contributed by atoms with Crippen molar-refractivity contribution in [3.63, 3.8) is 0 Å². The third kappa shape index (κ3) is 6.74. The smallest absolute Gasteiger partial charge is 0.255 e. The number of nitrogens with zero attached hydrogens (tertiary/aromatic N) is 3. The van der Waals surface area contributed by atoms with Crippen LogP contribution >= 0.6 is 0 Å². The Hall–Kier alpha value is -4.91. The predicted octanol–water partition coefficient (Wildman–Crippen LogP) is 8.08. The van der Waals surface area contributed by atoms with Gasteiger partial charge in [-0.25, -0.2) is 0 Å². The van der Waals surface area contributed by atoms with E-state index in [0.29, 0.717) is 5.56 Å². The van der Waals surface area contributed by atoms with Crippen LogP contribution in [0.4, 0.5) is 34.1 Å². The molecule has 5 rings (SSSR count). The van der Waals surface area contributed by atoms with Gasteiger partial charge in [0, 0.05) is 77.3 Å². The van der Waals surface area contributed by atoms with Crippen molar-refractivity contribution in [1.82, 2.24) is 9.97 Å². The molecule has 0 unspecified atom stereocenters. The molecule has 7 nitrogen and oxygen atoms in total. The van der Waals surface area contributed by atoms with Crippen molar-refractivity contribution in [2.75, 3.05) is 34.9 Å². The summed E-state index contributed by atoms with van der Waals surface area (Å²) in [5.74, 6) is -0.164. The number of amides is 1. The number of rotatable bonds is 7. The van der Waals surface area contributed by atoms with Crippen LogP contribution in [0.25, 0.3) is 10.9 Å². The monoisotopic (exact) mass is 532 g/mol. The van der Waals surface area contributed by atoms with Gasteiger partial charge >= 0.3 is 0 Å². The average molecular weight is 533 g/mol. The molecule has 2 aromatic heterocycles. The highest BCUT2D eigenvalue weighted by Crippen LogP contribution is 2.31. The zero-order valence-electron chi connectivity index (χ0n) is 23.9. The lowest BCUT2D eigenvalue weighted by molar-refractivity contribution is 0.102. The number of nitrogens with one attached hydrogen (secondary N) is 3. The van der Waals surface area contributed by atoms with Crippen LogP contribution in [-0.4, -0.2) is 30.0 Å². The van der Waals surface area contributed by atoms with Gasteiger partial charge in [0.05, 0.1) is 5.52 Å². The molecule has 0 fully saturated rings. The molecule has 0 aliphatic heterocycles. The van der Waals surface area contributed by atoms with E-state index in [9.17, 15) is 4.79 Å². The lowest BCUT2D eigenvalue weighted by atomic mass is 10.1. The molecule has 1 amide bonds. The summed E-state index contributed by atoms with van der Waals surface area (Å²) < 4.78 is 0. The first-order chi connectivity index (χ1) is 19.4. The van der Waals surface area contributed by atoms with E-state index in [0.717, 1.165) is 56.3 Å². The Morgan fingerprint density at radius 3 is 2.00 bits per heavy atom. The summed E-state index contributed by atoms with van der Waals surface area (Å²) in [6.07, 6.45) is 3.59. The normalized spacial score (nSPS) is 10.3. The van der Waals surface area contributed by atoms with E-state index in [4.69, 9.17) is 0 Å². The Morgan fingerprint density at radius 1 is 0.700 bits per heavy atom. The Kier molecular flexibility index (Phi) is 8.96. The van der Waals surface area contributed by atoms with Crippen molar-refractivity contribution in [1.29, 1.82) is 0 Å². The molecule has 0 aliphatic rings. The second-order valence-corrected chi connectivity index (χ2v) is 9.46. The molecule has 2 heterocycles. The van der Waals surface area contributed by atoms with Crippen molar-refractivity contribution < 1.29 is 4.79 Å². The molecule has 0 saturated heterocycles. The van der Waals surface area contributed by atoms with Gasteiger partial charge in [-0.1, -0.05) is 13.8 Å². The second-order valence-electron chi connectivity index (χ2n) is 9.46. The van der Waals surface area contributed by atoms with Gasteiger partial charge in [0.1, 0.15) is 0 Å². The summed E-state index contributed by atoms with van der Waals surface area (Å²) in [5.41, 5.74) is 9.22. The maximum Gasteiger partial charge on any atom is 0.255 e. The van der Waals surface area contributed by atoms with Crippen LogP contribution in [0.2, 0.25) is 0 Å². The SMILES string of the molecule is CC.Cc1cc(Nc2ccc(NC(=O)c3ccc(Nc4ccnc5c(C)cc(N(C)C)cc45)cc3)cc2)ccn1. The van der Waals surface area contributed by atoms with Gasteiger partial charge in [-0.05, 0) is 98.3 Å². The maximum absolute atomic E-state index is 12.8. The van der Waals surface area contributed by atoms with Crippen molar-refractivity contribution >= 4 is 50.9 Å². The van der Waals surface area contributed by atoms with Crippen molar-refractivity contribution in [2.45, 2.75) is 27.7 Å².